The number of ether oxygens (including phenoxy) is 1. The van der Waals surface area contributed by atoms with Crippen molar-refractivity contribution in [2.75, 3.05) is 20.2 Å². The van der Waals surface area contributed by atoms with Gasteiger partial charge in [0.05, 0.1) is 5.02 Å². The van der Waals surface area contributed by atoms with Crippen LogP contribution in [-0.4, -0.2) is 31.4 Å². The monoisotopic (exact) mass is 249 g/mol. The van der Waals surface area contributed by atoms with Crippen LogP contribution in [0.4, 0.5) is 0 Å². The number of rotatable bonds is 5. The van der Waals surface area contributed by atoms with Crippen LogP contribution in [0.3, 0.4) is 0 Å². The molecular weight excluding hydrogens is 237 g/mol. The molecule has 1 aromatic carbocycles. The van der Waals surface area contributed by atoms with E-state index in [-0.39, 0.29) is 6.61 Å². The molecule has 0 spiro atoms. The molecule has 0 aliphatic carbocycles. The molecule has 1 atom stereocenters. The van der Waals surface area contributed by atoms with Gasteiger partial charge in [0.25, 0.3) is 0 Å². The molecule has 0 aromatic heterocycles. The Hall–Kier alpha value is -0.480. The van der Waals surface area contributed by atoms with Gasteiger partial charge < -0.3 is 15.2 Å². The van der Waals surface area contributed by atoms with Gasteiger partial charge in [-0.1, -0.05) is 23.2 Å². The maximum atomic E-state index is 9.41. The molecular formula is C10H13Cl2NO2. The van der Waals surface area contributed by atoms with E-state index in [1.807, 2.05) is 0 Å². The number of hydrogen-bond donors (Lipinski definition) is 2. The molecule has 1 rings (SSSR count). The lowest BCUT2D eigenvalue weighted by atomic mass is 10.3. The Labute approximate surface area is 99.0 Å². The van der Waals surface area contributed by atoms with E-state index in [1.165, 1.54) is 0 Å². The van der Waals surface area contributed by atoms with E-state index in [9.17, 15) is 5.11 Å². The molecule has 0 aliphatic heterocycles. The first-order chi connectivity index (χ1) is 7.13. The van der Waals surface area contributed by atoms with E-state index in [1.54, 1.807) is 25.2 Å². The average Bonchev–Trinajstić information content (AvgIpc) is 2.20. The SMILES string of the molecule is CNCC(O)COc1cc(Cl)ccc1Cl. The van der Waals surface area contributed by atoms with Crippen LogP contribution >= 0.6 is 23.2 Å². The van der Waals surface area contributed by atoms with Crippen molar-refractivity contribution >= 4 is 23.2 Å². The second kappa shape index (κ2) is 6.18. The summed E-state index contributed by atoms with van der Waals surface area (Å²) in [7, 11) is 1.76. The summed E-state index contributed by atoms with van der Waals surface area (Å²) < 4.78 is 5.33. The molecule has 0 fully saturated rings. The van der Waals surface area contributed by atoms with E-state index in [0.29, 0.717) is 22.3 Å². The largest absolute Gasteiger partial charge is 0.489 e. The summed E-state index contributed by atoms with van der Waals surface area (Å²) in [6, 6.07) is 4.96. The van der Waals surface area contributed by atoms with Crippen molar-refractivity contribution in [2.45, 2.75) is 6.10 Å². The summed E-state index contributed by atoms with van der Waals surface area (Å²) in [6.45, 7) is 0.652. The van der Waals surface area contributed by atoms with Crippen LogP contribution in [0.2, 0.25) is 10.0 Å². The molecule has 2 N–H and O–H groups in total. The standard InChI is InChI=1S/C10H13Cl2NO2/c1-13-5-8(14)6-15-10-4-7(11)2-3-9(10)12/h2-4,8,13-14H,5-6H2,1H3. The van der Waals surface area contributed by atoms with Crippen molar-refractivity contribution in [1.29, 1.82) is 0 Å². The third-order valence-corrected chi connectivity index (χ3v) is 2.31. The highest BCUT2D eigenvalue weighted by molar-refractivity contribution is 6.34. The van der Waals surface area contributed by atoms with E-state index in [4.69, 9.17) is 27.9 Å². The highest BCUT2D eigenvalue weighted by Crippen LogP contribution is 2.27. The molecule has 0 radical (unpaired) electrons. The number of halogens is 2. The zero-order valence-corrected chi connectivity index (χ0v) is 9.85. The Morgan fingerprint density at radius 3 is 2.87 bits per heavy atom. The molecule has 0 bridgehead atoms. The van der Waals surface area contributed by atoms with E-state index in [2.05, 4.69) is 5.32 Å². The van der Waals surface area contributed by atoms with Crippen molar-refractivity contribution in [3.8, 4) is 5.75 Å². The molecule has 0 saturated heterocycles. The number of aliphatic hydroxyl groups is 1. The molecule has 0 saturated carbocycles. The normalized spacial score (nSPS) is 12.5. The summed E-state index contributed by atoms with van der Waals surface area (Å²) in [4.78, 5) is 0. The number of hydrogen-bond acceptors (Lipinski definition) is 3. The number of likely N-dealkylation sites (N-methyl/N-ethyl adjacent to an activating group) is 1. The fourth-order valence-corrected chi connectivity index (χ4v) is 1.40. The first-order valence-electron chi connectivity index (χ1n) is 4.54. The molecule has 1 unspecified atom stereocenters. The first kappa shape index (κ1) is 12.6. The van der Waals surface area contributed by atoms with Crippen LogP contribution < -0.4 is 10.1 Å². The maximum absolute atomic E-state index is 9.41. The van der Waals surface area contributed by atoms with Crippen molar-refractivity contribution in [3.05, 3.63) is 28.2 Å². The summed E-state index contributed by atoms with van der Waals surface area (Å²) in [6.07, 6.45) is -0.565. The molecule has 5 heteroatoms. The Kier molecular flexibility index (Phi) is 5.19. The minimum atomic E-state index is -0.565. The Bertz CT molecular complexity index is 320. The van der Waals surface area contributed by atoms with Gasteiger partial charge in [-0.25, -0.2) is 0 Å². The third kappa shape index (κ3) is 4.26. The first-order valence-corrected chi connectivity index (χ1v) is 5.29. The minimum absolute atomic E-state index is 0.181. The molecule has 0 heterocycles. The van der Waals surface area contributed by atoms with Crippen LogP contribution in [0.5, 0.6) is 5.75 Å². The van der Waals surface area contributed by atoms with Gasteiger partial charge in [-0.2, -0.15) is 0 Å². The predicted octanol–water partition coefficient (Wildman–Crippen LogP) is 1.95. The summed E-state index contributed by atoms with van der Waals surface area (Å²) in [5.41, 5.74) is 0. The van der Waals surface area contributed by atoms with E-state index in [0.717, 1.165) is 0 Å². The highest BCUT2D eigenvalue weighted by atomic mass is 35.5. The Morgan fingerprint density at radius 2 is 2.20 bits per heavy atom. The zero-order chi connectivity index (χ0) is 11.3. The maximum Gasteiger partial charge on any atom is 0.139 e. The van der Waals surface area contributed by atoms with Crippen molar-refractivity contribution < 1.29 is 9.84 Å². The molecule has 0 amide bonds. The molecule has 0 aliphatic rings. The second-order valence-corrected chi connectivity index (χ2v) is 3.94. The van der Waals surface area contributed by atoms with Gasteiger partial charge in [0, 0.05) is 17.6 Å². The summed E-state index contributed by atoms with van der Waals surface area (Å²) >= 11 is 11.7. The van der Waals surface area contributed by atoms with Gasteiger partial charge in [-0.15, -0.1) is 0 Å². The number of nitrogens with one attached hydrogen (secondary N) is 1. The predicted molar refractivity (Wildman–Crippen MR) is 61.9 cm³/mol. The third-order valence-electron chi connectivity index (χ3n) is 1.76. The smallest absolute Gasteiger partial charge is 0.139 e. The van der Waals surface area contributed by atoms with Crippen molar-refractivity contribution in [3.63, 3.8) is 0 Å². The molecule has 15 heavy (non-hydrogen) atoms. The fourth-order valence-electron chi connectivity index (χ4n) is 1.07. The van der Waals surface area contributed by atoms with Crippen molar-refractivity contribution in [2.24, 2.45) is 0 Å². The van der Waals surface area contributed by atoms with Gasteiger partial charge in [0.15, 0.2) is 0 Å². The lowest BCUT2D eigenvalue weighted by molar-refractivity contribution is 0.108. The average molecular weight is 250 g/mol. The quantitative estimate of drug-likeness (QED) is 0.839. The van der Waals surface area contributed by atoms with Crippen LogP contribution in [0.1, 0.15) is 0 Å². The topological polar surface area (TPSA) is 41.5 Å². The van der Waals surface area contributed by atoms with E-state index < -0.39 is 6.10 Å². The Balaban J connectivity index is 2.53. The zero-order valence-electron chi connectivity index (χ0n) is 8.34. The van der Waals surface area contributed by atoms with Crippen LogP contribution in [-0.2, 0) is 0 Å². The molecule has 3 nitrogen and oxygen atoms in total. The van der Waals surface area contributed by atoms with Gasteiger partial charge >= 0.3 is 0 Å². The summed E-state index contributed by atoms with van der Waals surface area (Å²) in [5, 5.41) is 13.3. The van der Waals surface area contributed by atoms with E-state index >= 15 is 0 Å². The van der Waals surface area contributed by atoms with Gasteiger partial charge in [0.2, 0.25) is 0 Å². The Morgan fingerprint density at radius 1 is 1.47 bits per heavy atom. The highest BCUT2D eigenvalue weighted by Gasteiger charge is 2.06. The molecule has 84 valence electrons. The van der Waals surface area contributed by atoms with Crippen LogP contribution in [0.25, 0.3) is 0 Å². The summed E-state index contributed by atoms with van der Waals surface area (Å²) in [5.74, 6) is 0.485. The fraction of sp³-hybridized carbons (Fsp3) is 0.400. The van der Waals surface area contributed by atoms with Crippen LogP contribution in [0, 0.1) is 0 Å². The minimum Gasteiger partial charge on any atom is -0.489 e. The second-order valence-electron chi connectivity index (χ2n) is 3.10. The number of benzene rings is 1. The van der Waals surface area contributed by atoms with Gasteiger partial charge in [0.1, 0.15) is 18.5 Å². The lowest BCUT2D eigenvalue weighted by Crippen LogP contribution is -2.29. The van der Waals surface area contributed by atoms with Crippen LogP contribution in [0.15, 0.2) is 18.2 Å². The van der Waals surface area contributed by atoms with Crippen molar-refractivity contribution in [1.82, 2.24) is 5.32 Å². The lowest BCUT2D eigenvalue weighted by Gasteiger charge is -2.12. The van der Waals surface area contributed by atoms with Gasteiger partial charge in [-0.3, -0.25) is 0 Å². The van der Waals surface area contributed by atoms with Gasteiger partial charge in [-0.05, 0) is 19.2 Å². The number of aliphatic hydroxyl groups excluding tert-OH is 1. The molecule has 1 aromatic rings.